The van der Waals surface area contributed by atoms with E-state index in [1.165, 1.54) is 16.5 Å². The molecule has 2 N–H and O–H groups in total. The van der Waals surface area contributed by atoms with Gasteiger partial charge in [0.1, 0.15) is 0 Å². The number of para-hydroxylation sites is 1. The predicted molar refractivity (Wildman–Crippen MR) is 77.8 cm³/mol. The number of nitrogens with two attached hydrogens (primary N) is 1. The van der Waals surface area contributed by atoms with Crippen LogP contribution in [0.3, 0.4) is 0 Å². The fourth-order valence-electron chi connectivity index (χ4n) is 2.18. The highest BCUT2D eigenvalue weighted by Crippen LogP contribution is 2.29. The minimum atomic E-state index is 0.0263. The Bertz CT molecular complexity index is 577. The first-order valence-electron chi connectivity index (χ1n) is 6.47. The van der Waals surface area contributed by atoms with Gasteiger partial charge >= 0.3 is 0 Å². The van der Waals surface area contributed by atoms with Crippen molar-refractivity contribution in [1.82, 2.24) is 4.98 Å². The second kappa shape index (κ2) is 4.36. The van der Waals surface area contributed by atoms with E-state index in [0.717, 1.165) is 11.2 Å². The van der Waals surface area contributed by atoms with Gasteiger partial charge in [-0.15, -0.1) is 0 Å². The first-order valence-corrected chi connectivity index (χ1v) is 6.47. The predicted octanol–water partition coefficient (Wildman–Crippen LogP) is 3.86. The van der Waals surface area contributed by atoms with Gasteiger partial charge in [-0.3, -0.25) is 4.98 Å². The molecule has 0 aliphatic rings. The molecule has 0 amide bonds. The van der Waals surface area contributed by atoms with Gasteiger partial charge in [-0.1, -0.05) is 39.0 Å². The summed E-state index contributed by atoms with van der Waals surface area (Å²) in [6.45, 7) is 10.7. The van der Waals surface area contributed by atoms with E-state index in [1.807, 2.05) is 6.92 Å². The van der Waals surface area contributed by atoms with Gasteiger partial charge in [0.15, 0.2) is 0 Å². The quantitative estimate of drug-likeness (QED) is 0.824. The molecule has 96 valence electrons. The number of rotatable bonds is 1. The molecule has 1 unspecified atom stereocenters. The number of pyridine rings is 1. The molecule has 2 aromatic rings. The lowest BCUT2D eigenvalue weighted by atomic mass is 9.88. The fraction of sp³-hybridized carbons (Fsp3) is 0.438. The van der Waals surface area contributed by atoms with Crippen molar-refractivity contribution in [1.29, 1.82) is 0 Å². The van der Waals surface area contributed by atoms with Crippen LogP contribution in [0.4, 0.5) is 0 Å². The number of benzene rings is 1. The molecule has 1 aromatic carbocycles. The largest absolute Gasteiger partial charge is 0.324 e. The molecule has 0 radical (unpaired) electrons. The van der Waals surface area contributed by atoms with Crippen LogP contribution in [-0.4, -0.2) is 4.98 Å². The van der Waals surface area contributed by atoms with Gasteiger partial charge in [0, 0.05) is 22.5 Å². The standard InChI is InChI=1S/C16H22N2/c1-10-7-6-8-12-13(11(2)17)9-14(16(3,4)5)18-15(10)12/h6-9,11H,17H2,1-5H3. The molecule has 0 aliphatic heterocycles. The summed E-state index contributed by atoms with van der Waals surface area (Å²) in [6, 6.07) is 8.47. The summed E-state index contributed by atoms with van der Waals surface area (Å²) in [6.07, 6.45) is 0. The lowest BCUT2D eigenvalue weighted by Gasteiger charge is -2.21. The van der Waals surface area contributed by atoms with Crippen LogP contribution in [0, 0.1) is 6.92 Å². The van der Waals surface area contributed by atoms with Crippen LogP contribution in [0.1, 0.15) is 50.6 Å². The molecule has 18 heavy (non-hydrogen) atoms. The van der Waals surface area contributed by atoms with Gasteiger partial charge in [-0.25, -0.2) is 0 Å². The maximum Gasteiger partial charge on any atom is 0.0738 e. The van der Waals surface area contributed by atoms with Crippen LogP contribution >= 0.6 is 0 Å². The maximum absolute atomic E-state index is 6.11. The molecule has 0 fully saturated rings. The van der Waals surface area contributed by atoms with E-state index in [-0.39, 0.29) is 11.5 Å². The Kier molecular flexibility index (Phi) is 3.16. The topological polar surface area (TPSA) is 38.9 Å². The summed E-state index contributed by atoms with van der Waals surface area (Å²) in [4.78, 5) is 4.83. The highest BCUT2D eigenvalue weighted by Gasteiger charge is 2.19. The second-order valence-corrected chi connectivity index (χ2v) is 6.11. The summed E-state index contributed by atoms with van der Waals surface area (Å²) in [5.41, 5.74) is 10.7. The lowest BCUT2D eigenvalue weighted by Crippen LogP contribution is -2.16. The van der Waals surface area contributed by atoms with Crippen LogP contribution < -0.4 is 5.73 Å². The number of fused-ring (bicyclic) bond motifs is 1. The number of nitrogens with zero attached hydrogens (tertiary/aromatic N) is 1. The molecule has 0 saturated carbocycles. The van der Waals surface area contributed by atoms with Crippen LogP contribution in [0.15, 0.2) is 24.3 Å². The average Bonchev–Trinajstić information content (AvgIpc) is 2.27. The maximum atomic E-state index is 6.11. The van der Waals surface area contributed by atoms with E-state index in [2.05, 4.69) is 52.0 Å². The van der Waals surface area contributed by atoms with Crippen molar-refractivity contribution in [2.24, 2.45) is 5.73 Å². The Balaban J connectivity index is 2.84. The summed E-state index contributed by atoms with van der Waals surface area (Å²) < 4.78 is 0. The Morgan fingerprint density at radius 2 is 1.89 bits per heavy atom. The third-order valence-corrected chi connectivity index (χ3v) is 3.33. The minimum Gasteiger partial charge on any atom is -0.324 e. The highest BCUT2D eigenvalue weighted by atomic mass is 14.7. The number of hydrogen-bond acceptors (Lipinski definition) is 2. The van der Waals surface area contributed by atoms with E-state index in [0.29, 0.717) is 0 Å². The molecule has 1 atom stereocenters. The zero-order valence-electron chi connectivity index (χ0n) is 11.9. The summed E-state index contributed by atoms with van der Waals surface area (Å²) >= 11 is 0. The average molecular weight is 242 g/mol. The van der Waals surface area contributed by atoms with E-state index in [9.17, 15) is 0 Å². The van der Waals surface area contributed by atoms with E-state index < -0.39 is 0 Å². The molecule has 1 aromatic heterocycles. The summed E-state index contributed by atoms with van der Waals surface area (Å²) in [5.74, 6) is 0. The zero-order valence-corrected chi connectivity index (χ0v) is 11.9. The Hall–Kier alpha value is -1.41. The van der Waals surface area contributed by atoms with Crippen molar-refractivity contribution in [2.75, 3.05) is 0 Å². The molecule has 0 aliphatic carbocycles. The second-order valence-electron chi connectivity index (χ2n) is 6.11. The van der Waals surface area contributed by atoms with Crippen molar-refractivity contribution in [3.05, 3.63) is 41.1 Å². The molecular weight excluding hydrogens is 220 g/mol. The molecule has 2 heteroatoms. The van der Waals surface area contributed by atoms with Crippen molar-refractivity contribution in [2.45, 2.75) is 46.1 Å². The highest BCUT2D eigenvalue weighted by molar-refractivity contribution is 5.85. The SMILES string of the molecule is Cc1cccc2c(C(C)N)cc(C(C)(C)C)nc12. The summed E-state index contributed by atoms with van der Waals surface area (Å²) in [7, 11) is 0. The summed E-state index contributed by atoms with van der Waals surface area (Å²) in [5, 5.41) is 1.18. The minimum absolute atomic E-state index is 0.0263. The van der Waals surface area contributed by atoms with Crippen molar-refractivity contribution >= 4 is 10.9 Å². The van der Waals surface area contributed by atoms with E-state index >= 15 is 0 Å². The van der Waals surface area contributed by atoms with Gasteiger partial charge in [0.05, 0.1) is 5.52 Å². The van der Waals surface area contributed by atoms with Gasteiger partial charge in [0.25, 0.3) is 0 Å². The third kappa shape index (κ3) is 2.25. The normalized spacial score (nSPS) is 13.9. The number of aromatic nitrogens is 1. The molecule has 0 saturated heterocycles. The van der Waals surface area contributed by atoms with Gasteiger partial charge in [-0.2, -0.15) is 0 Å². The van der Waals surface area contributed by atoms with E-state index in [4.69, 9.17) is 10.7 Å². The van der Waals surface area contributed by atoms with Gasteiger partial charge < -0.3 is 5.73 Å². The third-order valence-electron chi connectivity index (χ3n) is 3.33. The number of aryl methyl sites for hydroxylation is 1. The van der Waals surface area contributed by atoms with Gasteiger partial charge in [-0.05, 0) is 31.0 Å². The van der Waals surface area contributed by atoms with Gasteiger partial charge in [0.2, 0.25) is 0 Å². The number of hydrogen-bond donors (Lipinski definition) is 1. The Labute approximate surface area is 109 Å². The van der Waals surface area contributed by atoms with Crippen LogP contribution in [0.25, 0.3) is 10.9 Å². The van der Waals surface area contributed by atoms with Crippen molar-refractivity contribution < 1.29 is 0 Å². The molecular formula is C16H22N2. The molecule has 2 rings (SSSR count). The molecule has 0 spiro atoms. The first-order chi connectivity index (χ1) is 8.30. The van der Waals surface area contributed by atoms with Crippen LogP contribution in [-0.2, 0) is 5.41 Å². The van der Waals surface area contributed by atoms with Crippen LogP contribution in [0.5, 0.6) is 0 Å². The monoisotopic (exact) mass is 242 g/mol. The zero-order chi connectivity index (χ0) is 13.5. The first kappa shape index (κ1) is 13.0. The van der Waals surface area contributed by atoms with E-state index in [1.54, 1.807) is 0 Å². The van der Waals surface area contributed by atoms with Crippen LogP contribution in [0.2, 0.25) is 0 Å². The lowest BCUT2D eigenvalue weighted by molar-refractivity contribution is 0.569. The Morgan fingerprint density at radius 3 is 2.44 bits per heavy atom. The van der Waals surface area contributed by atoms with Crippen molar-refractivity contribution in [3.8, 4) is 0 Å². The van der Waals surface area contributed by atoms with Crippen molar-refractivity contribution in [3.63, 3.8) is 0 Å². The smallest absolute Gasteiger partial charge is 0.0738 e. The Morgan fingerprint density at radius 1 is 1.22 bits per heavy atom. The molecule has 0 bridgehead atoms. The fourth-order valence-corrected chi connectivity index (χ4v) is 2.18. The molecule has 1 heterocycles. The molecule has 2 nitrogen and oxygen atoms in total.